The van der Waals surface area contributed by atoms with Crippen molar-refractivity contribution in [2.75, 3.05) is 25.5 Å². The largest absolute Gasteiger partial charge is 0.463 e. The van der Waals surface area contributed by atoms with E-state index >= 15 is 0 Å². The summed E-state index contributed by atoms with van der Waals surface area (Å²) in [5, 5.41) is 0. The second-order valence-electron chi connectivity index (χ2n) is 10.4. The van der Waals surface area contributed by atoms with Crippen molar-refractivity contribution in [3.05, 3.63) is 0 Å². The summed E-state index contributed by atoms with van der Waals surface area (Å²) in [6.45, 7) is 10.2. The van der Waals surface area contributed by atoms with Crippen LogP contribution in [-0.2, 0) is 57.1 Å². The van der Waals surface area contributed by atoms with E-state index in [-0.39, 0.29) is 25.6 Å². The zero-order valence-corrected chi connectivity index (χ0v) is 25.5. The van der Waals surface area contributed by atoms with Gasteiger partial charge in [0.05, 0.1) is 12.2 Å². The Morgan fingerprint density at radius 2 is 1.15 bits per heavy atom. The van der Waals surface area contributed by atoms with Gasteiger partial charge in [0, 0.05) is 58.8 Å². The van der Waals surface area contributed by atoms with Crippen molar-refractivity contribution in [1.82, 2.24) is 0 Å². The Kier molecular flexibility index (Phi) is 13.8. The summed E-state index contributed by atoms with van der Waals surface area (Å²) in [7, 11) is 0. The van der Waals surface area contributed by atoms with Gasteiger partial charge < -0.3 is 38.9 Å². The van der Waals surface area contributed by atoms with E-state index in [0.29, 0.717) is 12.3 Å². The Balaban J connectivity index is 2.46. The van der Waals surface area contributed by atoms with Gasteiger partial charge in [0.2, 0.25) is 0 Å². The monoisotopic (exact) mass is 605 g/mol. The van der Waals surface area contributed by atoms with E-state index in [1.807, 2.05) is 6.92 Å². The van der Waals surface area contributed by atoms with Crippen molar-refractivity contribution in [1.29, 1.82) is 0 Å². The van der Waals surface area contributed by atoms with Crippen LogP contribution < -0.4 is 5.73 Å². The van der Waals surface area contributed by atoms with Crippen LogP contribution in [0.2, 0.25) is 0 Å². The lowest BCUT2D eigenvalue weighted by atomic mass is 9.76. The molecule has 0 amide bonds. The molecule has 0 aromatic heterocycles. The van der Waals surface area contributed by atoms with Gasteiger partial charge in [-0.3, -0.25) is 24.0 Å². The molecule has 0 radical (unpaired) electrons. The number of hydrogen-bond acceptors (Lipinski definition) is 14. The van der Waals surface area contributed by atoms with Gasteiger partial charge in [0.15, 0.2) is 0 Å². The van der Waals surface area contributed by atoms with Gasteiger partial charge in [0.1, 0.15) is 43.1 Å². The molecule has 0 aliphatic carbocycles. The first kappa shape index (κ1) is 34.8. The van der Waals surface area contributed by atoms with Gasteiger partial charge >= 0.3 is 29.8 Å². The Labute approximate surface area is 244 Å². The van der Waals surface area contributed by atoms with Gasteiger partial charge in [0.25, 0.3) is 0 Å². The lowest BCUT2D eigenvalue weighted by Gasteiger charge is -2.49. The fraction of sp³-hybridized carbons (Fsp3) is 0.815. The smallest absolute Gasteiger partial charge is 0.303 e. The van der Waals surface area contributed by atoms with Crippen molar-refractivity contribution < 1.29 is 57.1 Å². The number of thioether (sulfide) groups is 1. The summed E-state index contributed by atoms with van der Waals surface area (Å²) in [5.74, 6) is -3.33. The number of ether oxygens (including phenoxy) is 7. The third kappa shape index (κ3) is 10.4. The summed E-state index contributed by atoms with van der Waals surface area (Å²) in [6.07, 6.45) is -4.36. The van der Waals surface area contributed by atoms with Crippen LogP contribution in [0.25, 0.3) is 0 Å². The molecule has 0 saturated carbocycles. The summed E-state index contributed by atoms with van der Waals surface area (Å²) in [5.41, 5.74) is 5.14. The molecule has 2 aliphatic heterocycles. The molecule has 13 nitrogen and oxygen atoms in total. The maximum absolute atomic E-state index is 12.1. The number of carbonyl (C=O) groups excluding carboxylic acids is 5. The zero-order valence-electron chi connectivity index (χ0n) is 24.7. The Bertz CT molecular complexity index is 928. The molecule has 2 rings (SSSR count). The molecule has 0 aromatic rings. The quantitative estimate of drug-likeness (QED) is 0.249. The minimum Gasteiger partial charge on any atom is -0.463 e. The molecule has 2 fully saturated rings. The van der Waals surface area contributed by atoms with Gasteiger partial charge in [-0.25, -0.2) is 0 Å². The van der Waals surface area contributed by atoms with E-state index in [4.69, 9.17) is 38.9 Å². The van der Waals surface area contributed by atoms with Gasteiger partial charge in [-0.15, -0.1) is 11.8 Å². The van der Waals surface area contributed by atoms with E-state index in [1.165, 1.54) is 46.4 Å². The van der Waals surface area contributed by atoms with Crippen LogP contribution in [0.1, 0.15) is 54.9 Å². The first-order chi connectivity index (χ1) is 19.2. The Hall–Kier alpha value is -2.42. The molecule has 0 bridgehead atoms. The Morgan fingerprint density at radius 1 is 0.659 bits per heavy atom. The first-order valence-electron chi connectivity index (χ1n) is 13.7. The maximum atomic E-state index is 12.1. The second-order valence-corrected chi connectivity index (χ2v) is 11.6. The number of nitrogens with two attached hydrogens (primary N) is 1. The van der Waals surface area contributed by atoms with E-state index in [2.05, 4.69) is 0 Å². The molecule has 234 valence electrons. The summed E-state index contributed by atoms with van der Waals surface area (Å²) >= 11 is 1.40. The fourth-order valence-electron chi connectivity index (χ4n) is 5.37. The Morgan fingerprint density at radius 3 is 1.63 bits per heavy atom. The molecule has 0 spiro atoms. The predicted molar refractivity (Wildman–Crippen MR) is 145 cm³/mol. The lowest BCUT2D eigenvalue weighted by Crippen LogP contribution is -2.59. The second kappa shape index (κ2) is 16.3. The molecule has 2 aliphatic rings. The molecule has 41 heavy (non-hydrogen) atoms. The topological polar surface area (TPSA) is 176 Å². The molecule has 2 heterocycles. The number of carbonyl (C=O) groups is 5. The van der Waals surface area contributed by atoms with Crippen LogP contribution in [0.15, 0.2) is 0 Å². The van der Waals surface area contributed by atoms with Crippen LogP contribution in [0.5, 0.6) is 0 Å². The number of rotatable bonds is 12. The minimum absolute atomic E-state index is 0.0652. The van der Waals surface area contributed by atoms with Gasteiger partial charge in [-0.2, -0.15) is 0 Å². The highest BCUT2D eigenvalue weighted by Crippen LogP contribution is 2.42. The molecular formula is C27H43NO12S. The van der Waals surface area contributed by atoms with Crippen molar-refractivity contribution in [3.63, 3.8) is 0 Å². The van der Waals surface area contributed by atoms with Crippen LogP contribution in [0.4, 0.5) is 0 Å². The van der Waals surface area contributed by atoms with Crippen molar-refractivity contribution in [2.45, 2.75) is 96.9 Å². The molecule has 2 N–H and O–H groups in total. The molecule has 2 saturated heterocycles. The molecular weight excluding hydrogens is 562 g/mol. The average Bonchev–Trinajstić information content (AvgIpc) is 2.86. The average molecular weight is 606 g/mol. The maximum Gasteiger partial charge on any atom is 0.303 e. The first-order valence-corrected chi connectivity index (χ1v) is 14.7. The summed E-state index contributed by atoms with van der Waals surface area (Å²) < 4.78 is 40.1. The highest BCUT2D eigenvalue weighted by Gasteiger charge is 2.52. The van der Waals surface area contributed by atoms with Crippen molar-refractivity contribution >= 4 is 41.6 Å². The van der Waals surface area contributed by atoms with Gasteiger partial charge in [-0.1, -0.05) is 13.8 Å². The van der Waals surface area contributed by atoms with E-state index < -0.39 is 83.7 Å². The van der Waals surface area contributed by atoms with E-state index in [1.54, 1.807) is 6.92 Å². The standard InChI is InChI=1S/C27H43NO12S/c1-13-20(22(11-34-15(3)29)40-27(41-9-8-28)26(13)38-19(7)33)10-21-24(36-17(5)31)14(2)25(37-18(6)32)23(39-21)12-35-16(4)30/h13-14,20-27H,8-12,28H2,1-7H3. The lowest BCUT2D eigenvalue weighted by molar-refractivity contribution is -0.240. The summed E-state index contributed by atoms with van der Waals surface area (Å²) in [6, 6.07) is 0. The molecule has 0 aromatic carbocycles. The zero-order chi connectivity index (χ0) is 30.9. The number of hydrogen-bond donors (Lipinski definition) is 1. The summed E-state index contributed by atoms with van der Waals surface area (Å²) in [4.78, 5) is 59.4. The highest BCUT2D eigenvalue weighted by molar-refractivity contribution is 7.99. The molecule has 10 unspecified atom stereocenters. The van der Waals surface area contributed by atoms with Crippen LogP contribution >= 0.6 is 11.8 Å². The van der Waals surface area contributed by atoms with Gasteiger partial charge in [-0.05, 0) is 12.3 Å². The predicted octanol–water partition coefficient (Wildman–Crippen LogP) is 1.37. The van der Waals surface area contributed by atoms with E-state index in [9.17, 15) is 24.0 Å². The fourth-order valence-corrected chi connectivity index (χ4v) is 6.45. The van der Waals surface area contributed by atoms with Crippen LogP contribution in [-0.4, -0.2) is 97.4 Å². The SMILES string of the molecule is CC(=O)OCC1OC(SCCN)C(OC(C)=O)C(C)C1CC1OC(COC(C)=O)C(OC(C)=O)C(C)C1OC(C)=O. The third-order valence-corrected chi connectivity index (χ3v) is 8.26. The normalized spacial score (nSPS) is 33.3. The third-order valence-electron chi connectivity index (χ3n) is 7.08. The molecule has 10 atom stereocenters. The molecule has 14 heteroatoms. The van der Waals surface area contributed by atoms with Crippen molar-refractivity contribution in [2.24, 2.45) is 23.5 Å². The van der Waals surface area contributed by atoms with Crippen LogP contribution in [0.3, 0.4) is 0 Å². The number of esters is 5. The highest BCUT2D eigenvalue weighted by atomic mass is 32.2. The van der Waals surface area contributed by atoms with Crippen molar-refractivity contribution in [3.8, 4) is 0 Å². The van der Waals surface area contributed by atoms with Crippen LogP contribution in [0, 0.1) is 17.8 Å². The van der Waals surface area contributed by atoms with E-state index in [0.717, 1.165) is 0 Å². The minimum atomic E-state index is -0.866.